The molecule has 0 saturated carbocycles. The highest BCUT2D eigenvalue weighted by Gasteiger charge is 2.31. The SMILES string of the molecule is CC(=O)c1c[nH]c(C(=O)N2CCN(S(=O)(=O)c3ccc4c(c3)OCCCO4)CC2)c1. The van der Waals surface area contributed by atoms with Gasteiger partial charge in [-0.05, 0) is 25.1 Å². The molecule has 2 aliphatic heterocycles. The molecule has 2 aliphatic rings. The number of aromatic amines is 1. The molecule has 3 heterocycles. The van der Waals surface area contributed by atoms with Crippen molar-refractivity contribution < 1.29 is 27.5 Å². The van der Waals surface area contributed by atoms with Crippen LogP contribution in [0.3, 0.4) is 0 Å². The van der Waals surface area contributed by atoms with Gasteiger partial charge in [0, 0.05) is 50.4 Å². The van der Waals surface area contributed by atoms with Gasteiger partial charge in [0.2, 0.25) is 10.0 Å². The van der Waals surface area contributed by atoms with E-state index in [0.717, 1.165) is 6.42 Å². The number of sulfonamides is 1. The fraction of sp³-hybridized carbons (Fsp3) is 0.400. The standard InChI is InChI=1S/C20H23N3O6S/c1-14(24)15-11-17(21-13-15)20(25)22-5-7-23(8-6-22)30(26,27)16-3-4-18-19(12-16)29-10-2-9-28-18/h3-4,11-13,21H,2,5-10H2,1H3. The van der Waals surface area contributed by atoms with Crippen molar-refractivity contribution in [3.63, 3.8) is 0 Å². The van der Waals surface area contributed by atoms with Crippen molar-refractivity contribution in [2.24, 2.45) is 0 Å². The number of nitrogens with one attached hydrogen (secondary N) is 1. The molecular weight excluding hydrogens is 410 g/mol. The lowest BCUT2D eigenvalue weighted by molar-refractivity contribution is 0.0692. The third-order valence-corrected chi connectivity index (χ3v) is 7.10. The van der Waals surface area contributed by atoms with E-state index in [1.54, 1.807) is 11.0 Å². The van der Waals surface area contributed by atoms with Crippen LogP contribution in [0, 0.1) is 0 Å². The van der Waals surface area contributed by atoms with E-state index in [-0.39, 0.29) is 42.8 Å². The normalized spacial score (nSPS) is 17.4. The van der Waals surface area contributed by atoms with Crippen LogP contribution >= 0.6 is 0 Å². The smallest absolute Gasteiger partial charge is 0.270 e. The lowest BCUT2D eigenvalue weighted by atomic mass is 10.2. The Morgan fingerprint density at radius 3 is 2.37 bits per heavy atom. The number of hydrogen-bond acceptors (Lipinski definition) is 6. The molecule has 160 valence electrons. The molecule has 10 heteroatoms. The van der Waals surface area contributed by atoms with Crippen LogP contribution in [0.25, 0.3) is 0 Å². The van der Waals surface area contributed by atoms with E-state index >= 15 is 0 Å². The highest BCUT2D eigenvalue weighted by atomic mass is 32.2. The number of Topliss-reactive ketones (excluding diaryl/α,β-unsaturated/α-hetero) is 1. The van der Waals surface area contributed by atoms with Crippen LogP contribution in [0.1, 0.15) is 34.2 Å². The molecule has 0 unspecified atom stereocenters. The first-order valence-electron chi connectivity index (χ1n) is 9.75. The molecule has 1 aromatic carbocycles. The van der Waals surface area contributed by atoms with Crippen molar-refractivity contribution in [1.29, 1.82) is 0 Å². The van der Waals surface area contributed by atoms with Crippen molar-refractivity contribution in [3.05, 3.63) is 41.7 Å². The number of ketones is 1. The second-order valence-electron chi connectivity index (χ2n) is 7.21. The summed E-state index contributed by atoms with van der Waals surface area (Å²) in [5, 5.41) is 0. The topological polar surface area (TPSA) is 109 Å². The Kier molecular flexibility index (Phi) is 5.52. The molecule has 0 aliphatic carbocycles. The molecule has 1 saturated heterocycles. The Morgan fingerprint density at radius 1 is 1.00 bits per heavy atom. The number of H-pyrrole nitrogens is 1. The van der Waals surface area contributed by atoms with E-state index in [9.17, 15) is 18.0 Å². The molecule has 9 nitrogen and oxygen atoms in total. The first-order chi connectivity index (χ1) is 14.4. The lowest BCUT2D eigenvalue weighted by Crippen LogP contribution is -2.50. The molecule has 0 radical (unpaired) electrons. The third-order valence-electron chi connectivity index (χ3n) is 5.20. The van der Waals surface area contributed by atoms with E-state index in [1.807, 2.05) is 0 Å². The molecule has 0 spiro atoms. The average Bonchev–Trinajstić information content (AvgIpc) is 3.13. The summed E-state index contributed by atoms with van der Waals surface area (Å²) in [5.41, 5.74) is 0.758. The van der Waals surface area contributed by atoms with Crippen molar-refractivity contribution >= 4 is 21.7 Å². The molecule has 1 amide bonds. The minimum absolute atomic E-state index is 0.128. The number of hydrogen-bond donors (Lipinski definition) is 1. The zero-order chi connectivity index (χ0) is 21.3. The Morgan fingerprint density at radius 2 is 1.70 bits per heavy atom. The quantitative estimate of drug-likeness (QED) is 0.733. The zero-order valence-electron chi connectivity index (χ0n) is 16.6. The summed E-state index contributed by atoms with van der Waals surface area (Å²) in [4.78, 5) is 28.6. The predicted octanol–water partition coefficient (Wildman–Crippen LogP) is 1.53. The highest BCUT2D eigenvalue weighted by Crippen LogP contribution is 2.33. The first-order valence-corrected chi connectivity index (χ1v) is 11.2. The zero-order valence-corrected chi connectivity index (χ0v) is 17.4. The maximum absolute atomic E-state index is 13.1. The van der Waals surface area contributed by atoms with Gasteiger partial charge in [0.1, 0.15) is 5.69 Å². The number of amides is 1. The van der Waals surface area contributed by atoms with Gasteiger partial charge >= 0.3 is 0 Å². The number of carbonyl (C=O) groups is 2. The van der Waals surface area contributed by atoms with Gasteiger partial charge in [-0.25, -0.2) is 8.42 Å². The van der Waals surface area contributed by atoms with Crippen molar-refractivity contribution in [2.75, 3.05) is 39.4 Å². The first kappa shape index (κ1) is 20.4. The summed E-state index contributed by atoms with van der Waals surface area (Å²) < 4.78 is 38.7. The predicted molar refractivity (Wildman–Crippen MR) is 108 cm³/mol. The summed E-state index contributed by atoms with van der Waals surface area (Å²) in [5.74, 6) is 0.583. The molecule has 30 heavy (non-hydrogen) atoms. The van der Waals surface area contributed by atoms with Crippen molar-refractivity contribution in [2.45, 2.75) is 18.2 Å². The number of ether oxygens (including phenoxy) is 2. The van der Waals surface area contributed by atoms with Crippen LogP contribution in [0.2, 0.25) is 0 Å². The molecule has 4 rings (SSSR count). The second-order valence-corrected chi connectivity index (χ2v) is 9.15. The van der Waals surface area contributed by atoms with Crippen molar-refractivity contribution in [1.82, 2.24) is 14.2 Å². The molecule has 1 aromatic heterocycles. The molecule has 0 atom stereocenters. The summed E-state index contributed by atoms with van der Waals surface area (Å²) >= 11 is 0. The van der Waals surface area contributed by atoms with Crippen LogP contribution in [0.15, 0.2) is 35.4 Å². The monoisotopic (exact) mass is 433 g/mol. The average molecular weight is 433 g/mol. The number of aromatic nitrogens is 1. The van der Waals surface area contributed by atoms with Gasteiger partial charge in [-0.2, -0.15) is 4.31 Å². The minimum Gasteiger partial charge on any atom is -0.490 e. The van der Waals surface area contributed by atoms with Gasteiger partial charge in [0.25, 0.3) is 5.91 Å². The maximum atomic E-state index is 13.1. The molecule has 0 bridgehead atoms. The van der Waals surface area contributed by atoms with Gasteiger partial charge < -0.3 is 19.4 Å². The number of benzene rings is 1. The largest absolute Gasteiger partial charge is 0.490 e. The van der Waals surface area contributed by atoms with E-state index in [1.165, 1.54) is 35.6 Å². The molecule has 1 N–H and O–H groups in total. The van der Waals surface area contributed by atoms with Crippen LogP contribution < -0.4 is 9.47 Å². The van der Waals surface area contributed by atoms with Crippen LogP contribution in [-0.4, -0.2) is 73.7 Å². The molecule has 2 aromatic rings. The highest BCUT2D eigenvalue weighted by molar-refractivity contribution is 7.89. The van der Waals surface area contributed by atoms with E-state index in [2.05, 4.69) is 4.98 Å². The fourth-order valence-electron chi connectivity index (χ4n) is 3.48. The number of nitrogens with zero attached hydrogens (tertiary/aromatic N) is 2. The Hall–Kier alpha value is -2.85. The summed E-state index contributed by atoms with van der Waals surface area (Å²) in [7, 11) is -3.72. The summed E-state index contributed by atoms with van der Waals surface area (Å²) in [6, 6.07) is 6.15. The minimum atomic E-state index is -3.72. The van der Waals surface area contributed by atoms with Gasteiger partial charge in [0.05, 0.1) is 18.1 Å². The van der Waals surface area contributed by atoms with Crippen LogP contribution in [0.5, 0.6) is 11.5 Å². The van der Waals surface area contributed by atoms with Crippen molar-refractivity contribution in [3.8, 4) is 11.5 Å². The second kappa shape index (κ2) is 8.11. The Labute approximate surface area is 174 Å². The lowest BCUT2D eigenvalue weighted by Gasteiger charge is -2.33. The Balaban J connectivity index is 1.44. The third kappa shape index (κ3) is 3.92. The van der Waals surface area contributed by atoms with Gasteiger partial charge in [0.15, 0.2) is 17.3 Å². The van der Waals surface area contributed by atoms with E-state index in [4.69, 9.17) is 9.47 Å². The van der Waals surface area contributed by atoms with Gasteiger partial charge in [-0.3, -0.25) is 9.59 Å². The van der Waals surface area contributed by atoms with E-state index in [0.29, 0.717) is 36.0 Å². The van der Waals surface area contributed by atoms with Gasteiger partial charge in [-0.1, -0.05) is 0 Å². The summed E-state index contributed by atoms with van der Waals surface area (Å²) in [6.07, 6.45) is 2.24. The fourth-order valence-corrected chi connectivity index (χ4v) is 4.91. The number of fused-ring (bicyclic) bond motifs is 1. The van der Waals surface area contributed by atoms with Crippen LogP contribution in [-0.2, 0) is 10.0 Å². The number of rotatable bonds is 4. The summed E-state index contributed by atoms with van der Waals surface area (Å²) in [6.45, 7) is 3.32. The number of carbonyl (C=O) groups excluding carboxylic acids is 2. The Bertz CT molecular complexity index is 1070. The van der Waals surface area contributed by atoms with Crippen LogP contribution in [0.4, 0.5) is 0 Å². The molecule has 1 fully saturated rings. The van der Waals surface area contributed by atoms with E-state index < -0.39 is 10.0 Å². The van der Waals surface area contributed by atoms with Gasteiger partial charge in [-0.15, -0.1) is 0 Å². The number of piperazine rings is 1. The maximum Gasteiger partial charge on any atom is 0.270 e. The molecular formula is C20H23N3O6S.